The molecule has 0 unspecified atom stereocenters. The van der Waals surface area contributed by atoms with Gasteiger partial charge in [-0.15, -0.1) is 0 Å². The monoisotopic (exact) mass is 269 g/mol. The summed E-state index contributed by atoms with van der Waals surface area (Å²) in [7, 11) is 0. The Balaban J connectivity index is 2.10. The molecule has 2 rings (SSSR count). The van der Waals surface area contributed by atoms with Crippen molar-refractivity contribution < 1.29 is 4.74 Å². The molecule has 20 heavy (non-hydrogen) atoms. The van der Waals surface area contributed by atoms with E-state index < -0.39 is 0 Å². The third-order valence-corrected chi connectivity index (χ3v) is 3.19. The predicted molar refractivity (Wildman–Crippen MR) is 85.4 cm³/mol. The Morgan fingerprint density at radius 2 is 1.80 bits per heavy atom. The SMILES string of the molecule is Cc1ccc(NCc2ccccc2OC(C)C)c(C)c1. The van der Waals surface area contributed by atoms with E-state index >= 15 is 0 Å². The number of hydrogen-bond acceptors (Lipinski definition) is 2. The summed E-state index contributed by atoms with van der Waals surface area (Å²) in [6.45, 7) is 9.11. The first kappa shape index (κ1) is 14.4. The smallest absolute Gasteiger partial charge is 0.124 e. The van der Waals surface area contributed by atoms with Gasteiger partial charge in [0.25, 0.3) is 0 Å². The minimum absolute atomic E-state index is 0.192. The number of anilines is 1. The minimum atomic E-state index is 0.192. The molecule has 0 fully saturated rings. The van der Waals surface area contributed by atoms with E-state index in [0.29, 0.717) is 0 Å². The first-order valence-corrected chi connectivity index (χ1v) is 7.12. The quantitative estimate of drug-likeness (QED) is 0.849. The molecule has 2 nitrogen and oxygen atoms in total. The lowest BCUT2D eigenvalue weighted by Gasteiger charge is -2.16. The van der Waals surface area contributed by atoms with Gasteiger partial charge in [0.05, 0.1) is 6.10 Å². The average molecular weight is 269 g/mol. The Morgan fingerprint density at radius 1 is 1.05 bits per heavy atom. The van der Waals surface area contributed by atoms with Crippen LogP contribution in [0.4, 0.5) is 5.69 Å². The minimum Gasteiger partial charge on any atom is -0.491 e. The number of aryl methyl sites for hydroxylation is 2. The van der Waals surface area contributed by atoms with Crippen LogP contribution < -0.4 is 10.1 Å². The van der Waals surface area contributed by atoms with Gasteiger partial charge in [0.15, 0.2) is 0 Å². The van der Waals surface area contributed by atoms with E-state index in [1.807, 2.05) is 32.0 Å². The van der Waals surface area contributed by atoms with Crippen molar-refractivity contribution in [3.8, 4) is 5.75 Å². The Bertz CT molecular complexity index is 575. The molecule has 0 saturated carbocycles. The van der Waals surface area contributed by atoms with Gasteiger partial charge in [0.2, 0.25) is 0 Å². The molecule has 2 aromatic carbocycles. The van der Waals surface area contributed by atoms with Gasteiger partial charge in [-0.2, -0.15) is 0 Å². The number of ether oxygens (including phenoxy) is 1. The summed E-state index contributed by atoms with van der Waals surface area (Å²) in [5.74, 6) is 0.958. The third kappa shape index (κ3) is 3.77. The second kappa shape index (κ2) is 6.47. The van der Waals surface area contributed by atoms with Gasteiger partial charge in [0, 0.05) is 17.8 Å². The summed E-state index contributed by atoms with van der Waals surface area (Å²) in [6.07, 6.45) is 0.192. The Morgan fingerprint density at radius 3 is 2.50 bits per heavy atom. The number of para-hydroxylation sites is 1. The second-order valence-electron chi connectivity index (χ2n) is 5.45. The highest BCUT2D eigenvalue weighted by Gasteiger charge is 2.05. The van der Waals surface area contributed by atoms with Crippen LogP contribution in [0.15, 0.2) is 42.5 Å². The van der Waals surface area contributed by atoms with Gasteiger partial charge in [0.1, 0.15) is 5.75 Å². The molecule has 0 aliphatic rings. The van der Waals surface area contributed by atoms with Crippen molar-refractivity contribution in [1.29, 1.82) is 0 Å². The molecule has 0 amide bonds. The zero-order valence-electron chi connectivity index (χ0n) is 12.7. The number of benzene rings is 2. The van der Waals surface area contributed by atoms with E-state index in [1.54, 1.807) is 0 Å². The first-order chi connectivity index (χ1) is 9.56. The maximum Gasteiger partial charge on any atom is 0.124 e. The molecule has 0 aliphatic heterocycles. The highest BCUT2D eigenvalue weighted by Crippen LogP contribution is 2.22. The van der Waals surface area contributed by atoms with Crippen LogP contribution in [-0.4, -0.2) is 6.10 Å². The fourth-order valence-electron chi connectivity index (χ4n) is 2.22. The predicted octanol–water partition coefficient (Wildman–Crippen LogP) is 4.70. The normalized spacial score (nSPS) is 10.7. The molecule has 106 valence electrons. The zero-order valence-corrected chi connectivity index (χ0v) is 12.7. The summed E-state index contributed by atoms with van der Waals surface area (Å²) in [6, 6.07) is 14.7. The molecule has 0 aliphatic carbocycles. The molecule has 0 atom stereocenters. The Labute approximate surface area is 121 Å². The lowest BCUT2D eigenvalue weighted by atomic mass is 10.1. The first-order valence-electron chi connectivity index (χ1n) is 7.12. The highest BCUT2D eigenvalue weighted by molar-refractivity contribution is 5.52. The highest BCUT2D eigenvalue weighted by atomic mass is 16.5. The van der Waals surface area contributed by atoms with Crippen molar-refractivity contribution in [3.63, 3.8) is 0 Å². The summed E-state index contributed by atoms with van der Waals surface area (Å²) in [5.41, 5.74) is 4.92. The molecule has 0 radical (unpaired) electrons. The van der Waals surface area contributed by atoms with Crippen molar-refractivity contribution in [3.05, 3.63) is 59.2 Å². The van der Waals surface area contributed by atoms with Gasteiger partial charge in [-0.1, -0.05) is 35.9 Å². The van der Waals surface area contributed by atoms with Crippen LogP contribution in [0.1, 0.15) is 30.5 Å². The fourth-order valence-corrected chi connectivity index (χ4v) is 2.22. The van der Waals surface area contributed by atoms with Crippen LogP contribution in [0.25, 0.3) is 0 Å². The molecule has 0 bridgehead atoms. The fraction of sp³-hybridized carbons (Fsp3) is 0.333. The van der Waals surface area contributed by atoms with E-state index in [9.17, 15) is 0 Å². The Kier molecular flexibility index (Phi) is 4.67. The van der Waals surface area contributed by atoms with Crippen molar-refractivity contribution in [2.75, 3.05) is 5.32 Å². The second-order valence-corrected chi connectivity index (χ2v) is 5.45. The van der Waals surface area contributed by atoms with Gasteiger partial charge in [-0.05, 0) is 45.4 Å². The molecule has 0 heterocycles. The van der Waals surface area contributed by atoms with Crippen LogP contribution >= 0.6 is 0 Å². The van der Waals surface area contributed by atoms with Crippen molar-refractivity contribution in [2.45, 2.75) is 40.3 Å². The van der Waals surface area contributed by atoms with Crippen LogP contribution in [0.2, 0.25) is 0 Å². The van der Waals surface area contributed by atoms with E-state index in [1.165, 1.54) is 22.4 Å². The summed E-state index contributed by atoms with van der Waals surface area (Å²) >= 11 is 0. The summed E-state index contributed by atoms with van der Waals surface area (Å²) in [4.78, 5) is 0. The molecule has 0 saturated heterocycles. The summed E-state index contributed by atoms with van der Waals surface area (Å²) < 4.78 is 5.84. The number of rotatable bonds is 5. The third-order valence-electron chi connectivity index (χ3n) is 3.19. The van der Waals surface area contributed by atoms with Gasteiger partial charge in [-0.25, -0.2) is 0 Å². The lowest BCUT2D eigenvalue weighted by Crippen LogP contribution is -2.09. The lowest BCUT2D eigenvalue weighted by molar-refractivity contribution is 0.240. The zero-order chi connectivity index (χ0) is 14.5. The van der Waals surface area contributed by atoms with Gasteiger partial charge < -0.3 is 10.1 Å². The van der Waals surface area contributed by atoms with Gasteiger partial charge in [-0.3, -0.25) is 0 Å². The molecular weight excluding hydrogens is 246 g/mol. The van der Waals surface area contributed by atoms with E-state index in [2.05, 4.69) is 43.4 Å². The van der Waals surface area contributed by atoms with Crippen molar-refractivity contribution in [1.82, 2.24) is 0 Å². The van der Waals surface area contributed by atoms with Crippen LogP contribution in [-0.2, 0) is 6.54 Å². The van der Waals surface area contributed by atoms with Gasteiger partial charge >= 0.3 is 0 Å². The molecule has 2 aromatic rings. The van der Waals surface area contributed by atoms with E-state index in [0.717, 1.165) is 12.3 Å². The van der Waals surface area contributed by atoms with Crippen LogP contribution in [0, 0.1) is 13.8 Å². The van der Waals surface area contributed by atoms with E-state index in [-0.39, 0.29) is 6.10 Å². The maximum absolute atomic E-state index is 5.84. The standard InChI is InChI=1S/C18H23NO/c1-13(2)20-18-8-6-5-7-16(18)12-19-17-10-9-14(3)11-15(17)4/h5-11,13,19H,12H2,1-4H3. The van der Waals surface area contributed by atoms with Crippen LogP contribution in [0.5, 0.6) is 5.75 Å². The van der Waals surface area contributed by atoms with E-state index in [4.69, 9.17) is 4.74 Å². The van der Waals surface area contributed by atoms with Crippen molar-refractivity contribution >= 4 is 5.69 Å². The molecule has 0 spiro atoms. The number of hydrogen-bond donors (Lipinski definition) is 1. The summed E-state index contributed by atoms with van der Waals surface area (Å²) in [5, 5.41) is 3.49. The average Bonchev–Trinajstić information content (AvgIpc) is 2.39. The molecular formula is C18H23NO. The number of nitrogens with one attached hydrogen (secondary N) is 1. The van der Waals surface area contributed by atoms with Crippen molar-refractivity contribution in [2.24, 2.45) is 0 Å². The molecule has 0 aromatic heterocycles. The largest absolute Gasteiger partial charge is 0.491 e. The molecule has 2 heteroatoms. The maximum atomic E-state index is 5.84. The van der Waals surface area contributed by atoms with Crippen LogP contribution in [0.3, 0.4) is 0 Å². The molecule has 1 N–H and O–H groups in total. The topological polar surface area (TPSA) is 21.3 Å². The Hall–Kier alpha value is -1.96.